The van der Waals surface area contributed by atoms with Crippen molar-refractivity contribution in [3.63, 3.8) is 0 Å². The van der Waals surface area contributed by atoms with E-state index in [4.69, 9.17) is 25.8 Å². The van der Waals surface area contributed by atoms with Crippen molar-refractivity contribution in [3.8, 4) is 17.2 Å². The van der Waals surface area contributed by atoms with Crippen LogP contribution in [0.25, 0.3) is 0 Å². The number of rotatable bonds is 5. The van der Waals surface area contributed by atoms with E-state index in [0.717, 1.165) is 0 Å². The van der Waals surface area contributed by atoms with Crippen molar-refractivity contribution in [2.75, 3.05) is 6.79 Å². The molecule has 0 atom stereocenters. The van der Waals surface area contributed by atoms with Gasteiger partial charge in [0, 0.05) is 16.1 Å². The Morgan fingerprint density at radius 1 is 0.967 bits per heavy atom. The first kappa shape index (κ1) is 19.5. The lowest BCUT2D eigenvalue weighted by atomic mass is 10.2. The molecule has 4 rings (SSSR count). The van der Waals surface area contributed by atoms with Crippen molar-refractivity contribution in [1.29, 1.82) is 0 Å². The molecule has 0 spiro atoms. The average Bonchev–Trinajstić information content (AvgIpc) is 3.24. The van der Waals surface area contributed by atoms with Gasteiger partial charge in [0.15, 0.2) is 11.5 Å². The van der Waals surface area contributed by atoms with E-state index in [9.17, 15) is 9.59 Å². The molecular weight excluding hydrogens is 408 g/mol. The standard InChI is InChI=1S/C22H15ClN2O5/c23-17-7-9-18(30-22(27)15-6-8-19-20(11-15)29-13-28-19)16(10-17)12-24-25-21(26)14-4-2-1-3-5-14/h1-12H,13H2,(H,25,26). The third-order valence-electron chi connectivity index (χ3n) is 4.19. The van der Waals surface area contributed by atoms with Gasteiger partial charge < -0.3 is 14.2 Å². The molecule has 0 saturated carbocycles. The number of carbonyl (C=O) groups excluding carboxylic acids is 2. The van der Waals surface area contributed by atoms with Gasteiger partial charge in [0.1, 0.15) is 5.75 Å². The van der Waals surface area contributed by atoms with Crippen LogP contribution in [0.2, 0.25) is 5.02 Å². The Bertz CT molecular complexity index is 1130. The molecule has 3 aromatic rings. The SMILES string of the molecule is O=C(NN=Cc1cc(Cl)ccc1OC(=O)c1ccc2c(c1)OCO2)c1ccccc1. The van der Waals surface area contributed by atoms with Gasteiger partial charge in [0.05, 0.1) is 11.8 Å². The molecule has 7 nitrogen and oxygen atoms in total. The third kappa shape index (κ3) is 4.42. The Kier molecular flexibility index (Phi) is 5.63. The summed E-state index contributed by atoms with van der Waals surface area (Å²) in [5, 5.41) is 4.36. The first-order valence-corrected chi connectivity index (χ1v) is 9.28. The van der Waals surface area contributed by atoms with Crippen LogP contribution in [0.3, 0.4) is 0 Å². The maximum Gasteiger partial charge on any atom is 0.343 e. The number of hydrogen-bond donors (Lipinski definition) is 1. The van der Waals surface area contributed by atoms with Crippen molar-refractivity contribution in [2.45, 2.75) is 0 Å². The molecule has 8 heteroatoms. The Labute approximate surface area is 176 Å². The second-order valence-corrected chi connectivity index (χ2v) is 6.64. The van der Waals surface area contributed by atoms with Gasteiger partial charge in [-0.15, -0.1) is 0 Å². The molecule has 30 heavy (non-hydrogen) atoms. The molecule has 0 unspecified atom stereocenters. The predicted octanol–water partition coefficient (Wildman–Crippen LogP) is 4.05. The maximum absolute atomic E-state index is 12.6. The molecule has 1 heterocycles. The van der Waals surface area contributed by atoms with Crippen molar-refractivity contribution >= 4 is 29.7 Å². The van der Waals surface area contributed by atoms with Crippen LogP contribution < -0.4 is 19.6 Å². The molecule has 0 fully saturated rings. The quantitative estimate of drug-likeness (QED) is 0.290. The molecule has 0 aliphatic carbocycles. The van der Waals surface area contributed by atoms with Crippen molar-refractivity contribution in [3.05, 3.63) is 88.4 Å². The lowest BCUT2D eigenvalue weighted by molar-refractivity contribution is 0.0733. The van der Waals surface area contributed by atoms with Crippen LogP contribution >= 0.6 is 11.6 Å². The predicted molar refractivity (Wildman–Crippen MR) is 110 cm³/mol. The lowest BCUT2D eigenvalue weighted by Crippen LogP contribution is -2.17. The molecule has 150 valence electrons. The van der Waals surface area contributed by atoms with E-state index >= 15 is 0 Å². The van der Waals surface area contributed by atoms with Gasteiger partial charge in [-0.1, -0.05) is 29.8 Å². The van der Waals surface area contributed by atoms with Gasteiger partial charge in [-0.3, -0.25) is 4.79 Å². The molecule has 1 amide bonds. The monoisotopic (exact) mass is 422 g/mol. The van der Waals surface area contributed by atoms with Gasteiger partial charge in [0.2, 0.25) is 6.79 Å². The van der Waals surface area contributed by atoms with Crippen LogP contribution in [-0.4, -0.2) is 24.9 Å². The van der Waals surface area contributed by atoms with E-state index in [1.165, 1.54) is 6.21 Å². The zero-order valence-corrected chi connectivity index (χ0v) is 16.3. The number of benzene rings is 3. The molecule has 0 bridgehead atoms. The summed E-state index contributed by atoms with van der Waals surface area (Å²) in [7, 11) is 0. The van der Waals surface area contributed by atoms with Gasteiger partial charge in [0.25, 0.3) is 5.91 Å². The van der Waals surface area contributed by atoms with Crippen LogP contribution in [-0.2, 0) is 0 Å². The first-order chi connectivity index (χ1) is 14.6. The molecule has 3 aromatic carbocycles. The van der Waals surface area contributed by atoms with E-state index in [0.29, 0.717) is 33.2 Å². The van der Waals surface area contributed by atoms with E-state index in [1.54, 1.807) is 60.7 Å². The van der Waals surface area contributed by atoms with E-state index in [1.807, 2.05) is 6.07 Å². The van der Waals surface area contributed by atoms with Crippen LogP contribution in [0.5, 0.6) is 17.2 Å². The minimum atomic E-state index is -0.585. The number of carbonyl (C=O) groups is 2. The summed E-state index contributed by atoms with van der Waals surface area (Å²) in [6, 6.07) is 18.1. The van der Waals surface area contributed by atoms with E-state index in [-0.39, 0.29) is 18.4 Å². The smallest absolute Gasteiger partial charge is 0.343 e. The Morgan fingerprint density at radius 3 is 2.60 bits per heavy atom. The summed E-state index contributed by atoms with van der Waals surface area (Å²) in [5.41, 5.74) is 3.61. The number of nitrogens with zero attached hydrogens (tertiary/aromatic N) is 1. The summed E-state index contributed by atoms with van der Waals surface area (Å²) in [6.07, 6.45) is 1.36. The van der Waals surface area contributed by atoms with Crippen molar-refractivity contribution < 1.29 is 23.8 Å². The van der Waals surface area contributed by atoms with Crippen molar-refractivity contribution in [1.82, 2.24) is 5.43 Å². The molecule has 0 radical (unpaired) electrons. The normalized spacial score (nSPS) is 12.0. The maximum atomic E-state index is 12.6. The van der Waals surface area contributed by atoms with Gasteiger partial charge in [-0.05, 0) is 48.5 Å². The molecule has 0 aromatic heterocycles. The fraction of sp³-hybridized carbons (Fsp3) is 0.0455. The Morgan fingerprint density at radius 2 is 1.77 bits per heavy atom. The molecule has 0 saturated heterocycles. The highest BCUT2D eigenvalue weighted by atomic mass is 35.5. The average molecular weight is 423 g/mol. The molecule has 1 aliphatic rings. The third-order valence-corrected chi connectivity index (χ3v) is 4.42. The Hall–Kier alpha value is -3.84. The number of hydrazone groups is 1. The number of amides is 1. The summed E-state index contributed by atoms with van der Waals surface area (Å²) >= 11 is 6.05. The van der Waals surface area contributed by atoms with Crippen molar-refractivity contribution in [2.24, 2.45) is 5.10 Å². The van der Waals surface area contributed by atoms with Gasteiger partial charge in [-0.25, -0.2) is 10.2 Å². The fourth-order valence-corrected chi connectivity index (χ4v) is 2.89. The van der Waals surface area contributed by atoms with E-state index in [2.05, 4.69) is 10.5 Å². The summed E-state index contributed by atoms with van der Waals surface area (Å²) < 4.78 is 16.0. The lowest BCUT2D eigenvalue weighted by Gasteiger charge is -2.08. The largest absolute Gasteiger partial charge is 0.454 e. The second-order valence-electron chi connectivity index (χ2n) is 6.20. The minimum absolute atomic E-state index is 0.111. The number of halogens is 1. The van der Waals surface area contributed by atoms with Crippen LogP contribution in [0, 0.1) is 0 Å². The van der Waals surface area contributed by atoms with Gasteiger partial charge in [-0.2, -0.15) is 5.10 Å². The highest BCUT2D eigenvalue weighted by Gasteiger charge is 2.18. The zero-order chi connectivity index (χ0) is 20.9. The number of hydrogen-bond acceptors (Lipinski definition) is 6. The zero-order valence-electron chi connectivity index (χ0n) is 15.5. The molecule has 1 aliphatic heterocycles. The van der Waals surface area contributed by atoms with Crippen LogP contribution in [0.15, 0.2) is 71.8 Å². The van der Waals surface area contributed by atoms with Crippen LogP contribution in [0.4, 0.5) is 0 Å². The van der Waals surface area contributed by atoms with Crippen LogP contribution in [0.1, 0.15) is 26.3 Å². The number of esters is 1. The highest BCUT2D eigenvalue weighted by molar-refractivity contribution is 6.31. The topological polar surface area (TPSA) is 86.2 Å². The number of ether oxygens (including phenoxy) is 3. The summed E-state index contributed by atoms with van der Waals surface area (Å²) in [4.78, 5) is 24.6. The molecular formula is C22H15ClN2O5. The van der Waals surface area contributed by atoms with Gasteiger partial charge >= 0.3 is 5.97 Å². The second kappa shape index (κ2) is 8.67. The Balaban J connectivity index is 1.49. The summed E-state index contributed by atoms with van der Waals surface area (Å²) in [5.74, 6) is 0.331. The number of nitrogens with one attached hydrogen (secondary N) is 1. The molecule has 1 N–H and O–H groups in total. The highest BCUT2D eigenvalue weighted by Crippen LogP contribution is 2.33. The van der Waals surface area contributed by atoms with E-state index < -0.39 is 5.97 Å². The number of fused-ring (bicyclic) bond motifs is 1. The summed E-state index contributed by atoms with van der Waals surface area (Å²) in [6.45, 7) is 0.111. The minimum Gasteiger partial charge on any atom is -0.454 e. The first-order valence-electron chi connectivity index (χ1n) is 8.90. The fourth-order valence-electron chi connectivity index (χ4n) is 2.71.